The second kappa shape index (κ2) is 25.3. The Bertz CT molecular complexity index is 635. The molecule has 0 spiro atoms. The summed E-state index contributed by atoms with van der Waals surface area (Å²) in [6.07, 6.45) is 21.1. The quantitative estimate of drug-likeness (QED) is 0.0535. The first-order chi connectivity index (χ1) is 19.0. The maximum Gasteiger partial charge on any atom is 0.305 e. The molecule has 0 aromatic rings. The molecule has 225 valence electrons. The Morgan fingerprint density at radius 1 is 0.769 bits per heavy atom. The van der Waals surface area contributed by atoms with E-state index in [9.17, 15) is 9.59 Å². The van der Waals surface area contributed by atoms with Crippen molar-refractivity contribution in [3.63, 3.8) is 0 Å². The lowest BCUT2D eigenvalue weighted by Crippen LogP contribution is -2.23. The normalized spacial score (nSPS) is 15.1. The second-order valence-corrected chi connectivity index (χ2v) is 10.3. The van der Waals surface area contributed by atoms with Crippen LogP contribution in [0, 0.1) is 12.8 Å². The van der Waals surface area contributed by atoms with Crippen molar-refractivity contribution in [3.8, 4) is 0 Å². The first-order valence-corrected chi connectivity index (χ1v) is 15.4. The van der Waals surface area contributed by atoms with Gasteiger partial charge in [-0.15, -0.1) is 0 Å². The van der Waals surface area contributed by atoms with Gasteiger partial charge in [-0.25, -0.2) is 0 Å². The Hall–Kier alpha value is -1.70. The molecule has 1 fully saturated rings. The zero-order valence-corrected chi connectivity index (χ0v) is 24.9. The maximum atomic E-state index is 12.3. The van der Waals surface area contributed by atoms with Crippen molar-refractivity contribution in [2.24, 2.45) is 5.92 Å². The third-order valence-electron chi connectivity index (χ3n) is 6.54. The number of hydrogen-bond acceptors (Lipinski definition) is 7. The molecule has 0 aromatic carbocycles. The summed E-state index contributed by atoms with van der Waals surface area (Å²) in [5.41, 5.74) is 0. The van der Waals surface area contributed by atoms with Crippen LogP contribution >= 0.6 is 0 Å². The summed E-state index contributed by atoms with van der Waals surface area (Å²) < 4.78 is 22.6. The van der Waals surface area contributed by atoms with Crippen molar-refractivity contribution in [3.05, 3.63) is 31.2 Å². The average Bonchev–Trinajstić information content (AvgIpc) is 3.45. The average molecular weight is 551 g/mol. The Balaban J connectivity index is 2.22. The van der Waals surface area contributed by atoms with E-state index in [-0.39, 0.29) is 37.5 Å². The molecule has 0 N–H and O–H groups in total. The van der Waals surface area contributed by atoms with Gasteiger partial charge >= 0.3 is 11.9 Å². The van der Waals surface area contributed by atoms with Gasteiger partial charge in [0.2, 0.25) is 0 Å². The predicted molar refractivity (Wildman–Crippen MR) is 157 cm³/mol. The molecule has 0 aromatic heterocycles. The summed E-state index contributed by atoms with van der Waals surface area (Å²) in [5, 5.41) is 0. The number of likely N-dealkylation sites (tertiary alicyclic amines) is 1. The fraction of sp³-hybridized carbons (Fsp3) is 0.781. The van der Waals surface area contributed by atoms with Crippen molar-refractivity contribution in [1.29, 1.82) is 0 Å². The van der Waals surface area contributed by atoms with Crippen LogP contribution in [0.2, 0.25) is 0 Å². The van der Waals surface area contributed by atoms with Gasteiger partial charge in [-0.3, -0.25) is 9.59 Å². The van der Waals surface area contributed by atoms with Crippen LogP contribution in [0.3, 0.4) is 0 Å². The van der Waals surface area contributed by atoms with Gasteiger partial charge in [-0.1, -0.05) is 38.2 Å². The van der Waals surface area contributed by atoms with Gasteiger partial charge in [0.15, 0.2) is 6.29 Å². The van der Waals surface area contributed by atoms with E-state index in [4.69, 9.17) is 18.9 Å². The molecule has 1 heterocycles. The Labute approximate surface area is 238 Å². The van der Waals surface area contributed by atoms with Gasteiger partial charge in [0, 0.05) is 32.0 Å². The largest absolute Gasteiger partial charge is 0.465 e. The molecule has 1 saturated heterocycles. The summed E-state index contributed by atoms with van der Waals surface area (Å²) in [6.45, 7) is 12.9. The Morgan fingerprint density at radius 2 is 1.31 bits per heavy atom. The monoisotopic (exact) mass is 550 g/mol. The molecule has 1 aliphatic rings. The van der Waals surface area contributed by atoms with E-state index in [2.05, 4.69) is 50.0 Å². The van der Waals surface area contributed by atoms with E-state index >= 15 is 0 Å². The van der Waals surface area contributed by atoms with Crippen LogP contribution in [0.15, 0.2) is 24.3 Å². The van der Waals surface area contributed by atoms with Crippen molar-refractivity contribution < 1.29 is 28.5 Å². The minimum Gasteiger partial charge on any atom is -0.465 e. The van der Waals surface area contributed by atoms with Gasteiger partial charge < -0.3 is 23.8 Å². The topological polar surface area (TPSA) is 74.3 Å². The van der Waals surface area contributed by atoms with Crippen LogP contribution in [0.25, 0.3) is 0 Å². The molecular weight excluding hydrogens is 494 g/mol. The standard InChI is InChI=1S/C32H56NO6/c1-4-6-8-10-12-16-25-36-32(37-26-17-13-11-9-7-5-2)21-20-31(35)39-28-29(3)27-38-30(34)19-18-24-33-22-14-15-23-33/h6-9,29,32H,3-5,10-28H2,1-2H3/b8-6-,9-7-. The van der Waals surface area contributed by atoms with E-state index in [0.29, 0.717) is 26.1 Å². The molecular formula is C32H56NO6. The van der Waals surface area contributed by atoms with Gasteiger partial charge in [0.1, 0.15) is 0 Å². The highest BCUT2D eigenvalue weighted by molar-refractivity contribution is 5.69. The van der Waals surface area contributed by atoms with Gasteiger partial charge in [0.05, 0.1) is 19.6 Å². The molecule has 7 heteroatoms. The summed E-state index contributed by atoms with van der Waals surface area (Å²) >= 11 is 0. The van der Waals surface area contributed by atoms with Crippen molar-refractivity contribution >= 4 is 11.9 Å². The number of allylic oxidation sites excluding steroid dienone is 4. The van der Waals surface area contributed by atoms with Gasteiger partial charge in [0.25, 0.3) is 0 Å². The number of hydrogen-bond donors (Lipinski definition) is 0. The Morgan fingerprint density at radius 3 is 1.85 bits per heavy atom. The first-order valence-electron chi connectivity index (χ1n) is 15.4. The van der Waals surface area contributed by atoms with Crippen molar-refractivity contribution in [1.82, 2.24) is 4.90 Å². The van der Waals surface area contributed by atoms with Gasteiger partial charge in [-0.2, -0.15) is 0 Å². The number of rotatable bonds is 25. The molecule has 0 bridgehead atoms. The molecule has 0 aliphatic carbocycles. The summed E-state index contributed by atoms with van der Waals surface area (Å²) in [4.78, 5) is 26.7. The van der Waals surface area contributed by atoms with E-state index < -0.39 is 6.29 Å². The van der Waals surface area contributed by atoms with Crippen LogP contribution in [-0.4, -0.2) is 69.2 Å². The number of esters is 2. The van der Waals surface area contributed by atoms with Crippen LogP contribution in [0.4, 0.5) is 0 Å². The number of carbonyl (C=O) groups is 2. The van der Waals surface area contributed by atoms with E-state index in [1.807, 2.05) is 0 Å². The van der Waals surface area contributed by atoms with E-state index in [1.165, 1.54) is 12.8 Å². The zero-order chi connectivity index (χ0) is 28.4. The number of unbranched alkanes of at least 4 members (excludes halogenated alkanes) is 4. The van der Waals surface area contributed by atoms with E-state index in [1.54, 1.807) is 0 Å². The summed E-state index contributed by atoms with van der Waals surface area (Å²) in [5.74, 6) is -0.815. The van der Waals surface area contributed by atoms with Gasteiger partial charge in [-0.05, 0) is 97.2 Å². The predicted octanol–water partition coefficient (Wildman–Crippen LogP) is 6.81. The minimum atomic E-state index is -0.410. The molecule has 1 unspecified atom stereocenters. The Kier molecular flexibility index (Phi) is 22.9. The highest BCUT2D eigenvalue weighted by Crippen LogP contribution is 2.11. The molecule has 1 aliphatic heterocycles. The lowest BCUT2D eigenvalue weighted by atomic mass is 10.2. The van der Waals surface area contributed by atoms with Crippen LogP contribution in [0.1, 0.15) is 104 Å². The number of carbonyl (C=O) groups excluding carboxylic acids is 2. The lowest BCUT2D eigenvalue weighted by molar-refractivity contribution is -0.160. The molecule has 1 radical (unpaired) electrons. The van der Waals surface area contributed by atoms with Crippen molar-refractivity contribution in [2.45, 2.75) is 110 Å². The van der Waals surface area contributed by atoms with Crippen LogP contribution in [-0.2, 0) is 28.5 Å². The molecule has 7 nitrogen and oxygen atoms in total. The smallest absolute Gasteiger partial charge is 0.305 e. The molecule has 0 amide bonds. The summed E-state index contributed by atoms with van der Waals surface area (Å²) in [7, 11) is 0. The van der Waals surface area contributed by atoms with Crippen molar-refractivity contribution in [2.75, 3.05) is 46.1 Å². The molecule has 0 saturated carbocycles. The SMILES string of the molecule is [CH2]C(COC(=O)CCCN1CCCC1)COC(=O)CCC(OCCCC/C=C\CC)OCCCC/C=C\CC. The molecule has 39 heavy (non-hydrogen) atoms. The molecule has 1 atom stereocenters. The number of nitrogens with zero attached hydrogens (tertiary/aromatic N) is 1. The molecule has 1 rings (SSSR count). The fourth-order valence-electron chi connectivity index (χ4n) is 4.24. The highest BCUT2D eigenvalue weighted by Gasteiger charge is 2.16. The van der Waals surface area contributed by atoms with Crippen LogP contribution < -0.4 is 0 Å². The maximum absolute atomic E-state index is 12.3. The minimum absolute atomic E-state index is 0.128. The zero-order valence-electron chi connectivity index (χ0n) is 24.9. The van der Waals surface area contributed by atoms with E-state index in [0.717, 1.165) is 77.4 Å². The third kappa shape index (κ3) is 21.8. The number of ether oxygens (including phenoxy) is 4. The first kappa shape index (κ1) is 35.3. The third-order valence-corrected chi connectivity index (χ3v) is 6.54. The van der Waals surface area contributed by atoms with Crippen LogP contribution in [0.5, 0.6) is 0 Å². The second-order valence-electron chi connectivity index (χ2n) is 10.3. The fourth-order valence-corrected chi connectivity index (χ4v) is 4.24. The highest BCUT2D eigenvalue weighted by atomic mass is 16.7. The lowest BCUT2D eigenvalue weighted by Gasteiger charge is -2.19. The summed E-state index contributed by atoms with van der Waals surface area (Å²) in [6, 6.07) is 0.